The van der Waals surface area contributed by atoms with Crippen LogP contribution in [0.15, 0.2) is 41.1 Å². The Morgan fingerprint density at radius 2 is 2.05 bits per heavy atom. The van der Waals surface area contributed by atoms with Crippen LogP contribution in [0.1, 0.15) is 24.4 Å². The molecule has 3 rings (SSSR count). The topological polar surface area (TPSA) is 15.3 Å². The van der Waals surface area contributed by atoms with E-state index in [-0.39, 0.29) is 0 Å². The summed E-state index contributed by atoms with van der Waals surface area (Å²) < 4.78 is 0. The number of likely N-dealkylation sites (tertiary alicyclic amines) is 1. The summed E-state index contributed by atoms with van der Waals surface area (Å²) in [5.74, 6) is 0. The van der Waals surface area contributed by atoms with Gasteiger partial charge in [-0.15, -0.1) is 0 Å². The monoisotopic (exact) mass is 286 g/mol. The molecule has 1 saturated heterocycles. The Morgan fingerprint density at radius 1 is 1.20 bits per heavy atom. The number of nitrogens with one attached hydrogen (secondary N) is 1. The van der Waals surface area contributed by atoms with Crippen molar-refractivity contribution in [3.05, 3.63) is 46.7 Å². The van der Waals surface area contributed by atoms with Gasteiger partial charge in [0.1, 0.15) is 0 Å². The van der Waals surface area contributed by atoms with Crippen molar-refractivity contribution >= 4 is 11.3 Å². The van der Waals surface area contributed by atoms with E-state index in [0.29, 0.717) is 6.04 Å². The maximum absolute atomic E-state index is 3.48. The van der Waals surface area contributed by atoms with Crippen LogP contribution in [-0.4, -0.2) is 31.6 Å². The van der Waals surface area contributed by atoms with Gasteiger partial charge < -0.3 is 10.2 Å². The molecule has 2 heterocycles. The third kappa shape index (κ3) is 3.11. The van der Waals surface area contributed by atoms with Gasteiger partial charge in [-0.1, -0.05) is 18.2 Å². The van der Waals surface area contributed by atoms with Crippen molar-refractivity contribution in [2.75, 3.05) is 26.7 Å². The molecule has 1 aliphatic heterocycles. The second-order valence-electron chi connectivity index (χ2n) is 5.49. The maximum Gasteiger partial charge on any atom is 0.0447 e. The van der Waals surface area contributed by atoms with Crippen molar-refractivity contribution in [1.82, 2.24) is 10.2 Å². The summed E-state index contributed by atoms with van der Waals surface area (Å²) >= 11 is 1.76. The quantitative estimate of drug-likeness (QED) is 0.900. The fourth-order valence-electron chi connectivity index (χ4n) is 2.95. The van der Waals surface area contributed by atoms with Crippen LogP contribution in [-0.2, 0) is 0 Å². The summed E-state index contributed by atoms with van der Waals surface area (Å²) in [6.07, 6.45) is 2.71. The van der Waals surface area contributed by atoms with E-state index in [1.165, 1.54) is 42.6 Å². The van der Waals surface area contributed by atoms with E-state index < -0.39 is 0 Å². The van der Waals surface area contributed by atoms with E-state index >= 15 is 0 Å². The molecule has 0 bridgehead atoms. The molecule has 0 aliphatic carbocycles. The van der Waals surface area contributed by atoms with Crippen LogP contribution in [0.4, 0.5) is 0 Å². The lowest BCUT2D eigenvalue weighted by molar-refractivity contribution is 0.299. The van der Waals surface area contributed by atoms with Gasteiger partial charge in [-0.2, -0.15) is 11.3 Å². The largest absolute Gasteiger partial charge is 0.312 e. The lowest BCUT2D eigenvalue weighted by Gasteiger charge is -2.23. The molecule has 1 aromatic heterocycles. The molecule has 0 spiro atoms. The molecular weight excluding hydrogens is 264 g/mol. The zero-order chi connectivity index (χ0) is 13.8. The average molecular weight is 286 g/mol. The van der Waals surface area contributed by atoms with Gasteiger partial charge in [0.25, 0.3) is 0 Å². The standard InChI is InChI=1S/C17H22N2S/c1-18-17(12-19-8-2-3-9-19)15-6-4-5-14(11-15)16-7-10-20-13-16/h4-7,10-11,13,17-18H,2-3,8-9,12H2,1H3. The van der Waals surface area contributed by atoms with Gasteiger partial charge in [-0.25, -0.2) is 0 Å². The number of nitrogens with zero attached hydrogens (tertiary/aromatic N) is 1. The number of likely N-dealkylation sites (N-methyl/N-ethyl adjacent to an activating group) is 1. The van der Waals surface area contributed by atoms with Crippen molar-refractivity contribution in [1.29, 1.82) is 0 Å². The van der Waals surface area contributed by atoms with E-state index in [0.717, 1.165) is 6.54 Å². The maximum atomic E-state index is 3.48. The first-order valence-corrected chi connectivity index (χ1v) is 8.33. The van der Waals surface area contributed by atoms with Gasteiger partial charge in [-0.3, -0.25) is 0 Å². The first kappa shape index (κ1) is 13.8. The van der Waals surface area contributed by atoms with E-state index in [1.807, 2.05) is 0 Å². The van der Waals surface area contributed by atoms with Crippen LogP contribution in [0.25, 0.3) is 11.1 Å². The third-order valence-corrected chi connectivity index (χ3v) is 4.81. The van der Waals surface area contributed by atoms with E-state index in [9.17, 15) is 0 Å². The summed E-state index contributed by atoms with van der Waals surface area (Å²) in [5.41, 5.74) is 4.04. The lowest BCUT2D eigenvalue weighted by Crippen LogP contribution is -2.31. The molecule has 1 fully saturated rings. The number of rotatable bonds is 5. The molecular formula is C17H22N2S. The molecule has 1 N–H and O–H groups in total. The molecule has 3 heteroatoms. The average Bonchev–Trinajstić information content (AvgIpc) is 3.18. The summed E-state index contributed by atoms with van der Waals surface area (Å²) in [6.45, 7) is 3.62. The predicted octanol–water partition coefficient (Wildman–Crippen LogP) is 3.77. The predicted molar refractivity (Wildman–Crippen MR) is 87.2 cm³/mol. The second-order valence-corrected chi connectivity index (χ2v) is 6.27. The fourth-order valence-corrected chi connectivity index (χ4v) is 3.62. The van der Waals surface area contributed by atoms with E-state index in [1.54, 1.807) is 11.3 Å². The zero-order valence-corrected chi connectivity index (χ0v) is 12.8. The first-order chi connectivity index (χ1) is 9.86. The summed E-state index contributed by atoms with van der Waals surface area (Å²) in [7, 11) is 2.07. The minimum Gasteiger partial charge on any atom is -0.312 e. The highest BCUT2D eigenvalue weighted by Crippen LogP contribution is 2.26. The Hall–Kier alpha value is -1.16. The molecule has 0 saturated carbocycles. The molecule has 1 unspecified atom stereocenters. The van der Waals surface area contributed by atoms with Crippen molar-refractivity contribution < 1.29 is 0 Å². The molecule has 106 valence electrons. The highest BCUT2D eigenvalue weighted by molar-refractivity contribution is 7.08. The number of benzene rings is 1. The van der Waals surface area contributed by atoms with Gasteiger partial charge >= 0.3 is 0 Å². The van der Waals surface area contributed by atoms with Crippen LogP contribution < -0.4 is 5.32 Å². The molecule has 1 aliphatic rings. The minimum absolute atomic E-state index is 0.423. The third-order valence-electron chi connectivity index (χ3n) is 4.13. The van der Waals surface area contributed by atoms with Crippen molar-refractivity contribution in [2.24, 2.45) is 0 Å². The summed E-state index contributed by atoms with van der Waals surface area (Å²) in [6, 6.07) is 11.6. The zero-order valence-electron chi connectivity index (χ0n) is 12.0. The van der Waals surface area contributed by atoms with Gasteiger partial charge in [-0.05, 0) is 72.6 Å². The Kier molecular flexibility index (Phi) is 4.51. The van der Waals surface area contributed by atoms with E-state index in [4.69, 9.17) is 0 Å². The number of thiophene rings is 1. The van der Waals surface area contributed by atoms with E-state index in [2.05, 4.69) is 58.4 Å². The van der Waals surface area contributed by atoms with Gasteiger partial charge in [0.05, 0.1) is 0 Å². The molecule has 2 nitrogen and oxygen atoms in total. The smallest absolute Gasteiger partial charge is 0.0447 e. The van der Waals surface area contributed by atoms with Crippen molar-refractivity contribution in [3.63, 3.8) is 0 Å². The molecule has 0 amide bonds. The molecule has 1 atom stereocenters. The lowest BCUT2D eigenvalue weighted by atomic mass is 10.0. The van der Waals surface area contributed by atoms with Crippen molar-refractivity contribution in [2.45, 2.75) is 18.9 Å². The van der Waals surface area contributed by atoms with Gasteiger partial charge in [0, 0.05) is 12.6 Å². The fraction of sp³-hybridized carbons (Fsp3) is 0.412. The minimum atomic E-state index is 0.423. The van der Waals surface area contributed by atoms with Crippen LogP contribution in [0.3, 0.4) is 0 Å². The van der Waals surface area contributed by atoms with Crippen LogP contribution in [0.5, 0.6) is 0 Å². The Morgan fingerprint density at radius 3 is 2.75 bits per heavy atom. The Bertz CT molecular complexity index is 530. The van der Waals surface area contributed by atoms with Gasteiger partial charge in [0.2, 0.25) is 0 Å². The molecule has 20 heavy (non-hydrogen) atoms. The van der Waals surface area contributed by atoms with Crippen molar-refractivity contribution in [3.8, 4) is 11.1 Å². The molecule has 2 aromatic rings. The normalized spacial score (nSPS) is 17.4. The highest BCUT2D eigenvalue weighted by Gasteiger charge is 2.17. The molecule has 1 aromatic carbocycles. The Labute approximate surface area is 125 Å². The first-order valence-electron chi connectivity index (χ1n) is 7.39. The summed E-state index contributed by atoms with van der Waals surface area (Å²) in [4.78, 5) is 2.57. The van der Waals surface area contributed by atoms with Crippen LogP contribution >= 0.6 is 11.3 Å². The highest BCUT2D eigenvalue weighted by atomic mass is 32.1. The summed E-state index contributed by atoms with van der Waals surface area (Å²) in [5, 5.41) is 7.84. The van der Waals surface area contributed by atoms with Crippen LogP contribution in [0.2, 0.25) is 0 Å². The number of hydrogen-bond donors (Lipinski definition) is 1. The van der Waals surface area contributed by atoms with Gasteiger partial charge in [0.15, 0.2) is 0 Å². The Balaban J connectivity index is 1.78. The van der Waals surface area contributed by atoms with Crippen LogP contribution in [0, 0.1) is 0 Å². The second kappa shape index (κ2) is 6.53. The molecule has 0 radical (unpaired) electrons. The SMILES string of the molecule is CNC(CN1CCCC1)c1cccc(-c2ccsc2)c1. The number of hydrogen-bond acceptors (Lipinski definition) is 3.